The van der Waals surface area contributed by atoms with Crippen LogP contribution in [0.2, 0.25) is 5.04 Å². The Kier molecular flexibility index (Phi) is 13.2. The summed E-state index contributed by atoms with van der Waals surface area (Å²) in [6, 6.07) is 28.6. The average Bonchev–Trinajstić information content (AvgIpc) is 4.20. The monoisotopic (exact) mass is 970 g/mol. The minimum atomic E-state index is -2.66. The Hall–Kier alpha value is -7.86. The number of nitrogens with zero attached hydrogens (tertiary/aromatic N) is 6. The Bertz CT molecular complexity index is 3350. The van der Waals surface area contributed by atoms with E-state index in [1.165, 1.54) is 10.4 Å². The number of aromatic nitrogens is 6. The lowest BCUT2D eigenvalue weighted by Gasteiger charge is -2.43. The van der Waals surface area contributed by atoms with E-state index in [1.54, 1.807) is 52.4 Å². The topological polar surface area (TPSA) is 209 Å². The standard InChI is InChI=1S/C35H36N4O4Si.C19H18N4O4/c1-23-29(24(2)43-38-23)31-30(33(40)37-34(31)41)28-22-39(32-27(28)18-12-19-36-32)20-13-21-42-44(35(3,4)5,25-14-8-6-9-15-25)26-16-10-7-11-17-26;1-10-14(11(2)27-22-10)16-15(18(25)21-19(16)26)13-9-23(7-4-8-24)17-12(13)5-3-6-20-17/h6-12,14-19,22H,13,20-21H2,1-5H3,(H,37,40,41);3,5-6,9,24H,4,7-8H2,1-2H3,(H,21,25,26). The van der Waals surface area contributed by atoms with Gasteiger partial charge in [0.05, 0.1) is 44.8 Å². The second-order valence-corrected chi connectivity index (χ2v) is 22.9. The van der Waals surface area contributed by atoms with Gasteiger partial charge in [0.15, 0.2) is 0 Å². The van der Waals surface area contributed by atoms with Gasteiger partial charge in [-0.3, -0.25) is 29.8 Å². The highest BCUT2D eigenvalue weighted by atomic mass is 28.4. The van der Waals surface area contributed by atoms with E-state index in [-0.39, 0.29) is 28.4 Å². The van der Waals surface area contributed by atoms with Crippen LogP contribution in [-0.2, 0) is 36.7 Å². The second kappa shape index (κ2) is 19.5. The molecule has 0 spiro atoms. The fourth-order valence-corrected chi connectivity index (χ4v) is 14.6. The van der Waals surface area contributed by atoms with Crippen LogP contribution in [0.4, 0.5) is 0 Å². The summed E-state index contributed by atoms with van der Waals surface area (Å²) < 4.78 is 21.6. The number of pyridine rings is 2. The van der Waals surface area contributed by atoms with Crippen LogP contribution in [0.1, 0.15) is 78.8 Å². The second-order valence-electron chi connectivity index (χ2n) is 18.6. The highest BCUT2D eigenvalue weighted by molar-refractivity contribution is 6.99. The summed E-state index contributed by atoms with van der Waals surface area (Å²) >= 11 is 0. The summed E-state index contributed by atoms with van der Waals surface area (Å²) in [6.07, 6.45) is 8.42. The molecule has 0 fully saturated rings. The predicted octanol–water partition coefficient (Wildman–Crippen LogP) is 6.77. The van der Waals surface area contributed by atoms with Crippen molar-refractivity contribution in [2.75, 3.05) is 13.2 Å². The molecule has 2 aliphatic heterocycles. The first-order chi connectivity index (χ1) is 34.2. The smallest absolute Gasteiger partial charge is 0.261 e. The number of nitrogens with one attached hydrogen (secondary N) is 2. The Morgan fingerprint density at radius 2 is 1.01 bits per heavy atom. The number of rotatable bonds is 14. The molecule has 2 aliphatic rings. The van der Waals surface area contributed by atoms with E-state index < -0.39 is 31.9 Å². The third-order valence-corrected chi connectivity index (χ3v) is 18.1. The van der Waals surface area contributed by atoms with Crippen molar-refractivity contribution >= 4 is 86.7 Å². The number of aliphatic hydroxyl groups excluding tert-OH is 1. The van der Waals surface area contributed by atoms with Crippen molar-refractivity contribution in [3.05, 3.63) is 155 Å². The van der Waals surface area contributed by atoms with Crippen LogP contribution in [0.3, 0.4) is 0 Å². The molecular weight excluding hydrogens is 917 g/mol. The van der Waals surface area contributed by atoms with Crippen molar-refractivity contribution in [1.82, 2.24) is 40.0 Å². The summed E-state index contributed by atoms with van der Waals surface area (Å²) in [5.41, 5.74) is 6.04. The van der Waals surface area contributed by atoms with Crippen LogP contribution in [0, 0.1) is 27.7 Å². The highest BCUT2D eigenvalue weighted by Crippen LogP contribution is 2.40. The summed E-state index contributed by atoms with van der Waals surface area (Å²) in [6.45, 7) is 15.5. The molecule has 4 amide bonds. The number of aliphatic hydroxyl groups is 1. The maximum Gasteiger partial charge on any atom is 0.261 e. The third-order valence-electron chi connectivity index (χ3n) is 13.1. The first-order valence-electron chi connectivity index (χ1n) is 23.5. The molecule has 2 aromatic carbocycles. The van der Waals surface area contributed by atoms with Gasteiger partial charge >= 0.3 is 0 Å². The number of amides is 4. The van der Waals surface area contributed by atoms with Gasteiger partial charge in [0.2, 0.25) is 0 Å². The van der Waals surface area contributed by atoms with Gasteiger partial charge in [-0.15, -0.1) is 0 Å². The molecule has 0 bridgehead atoms. The van der Waals surface area contributed by atoms with E-state index in [1.807, 2.05) is 45.7 Å². The Morgan fingerprint density at radius 3 is 1.41 bits per heavy atom. The molecule has 10 rings (SSSR count). The third kappa shape index (κ3) is 8.65. The van der Waals surface area contributed by atoms with Crippen LogP contribution >= 0.6 is 0 Å². The lowest BCUT2D eigenvalue weighted by Crippen LogP contribution is -2.66. The van der Waals surface area contributed by atoms with Gasteiger partial charge in [-0.1, -0.05) is 91.7 Å². The Labute approximate surface area is 410 Å². The van der Waals surface area contributed by atoms with E-state index in [9.17, 15) is 19.2 Å². The summed E-state index contributed by atoms with van der Waals surface area (Å²) in [5, 5.41) is 25.9. The largest absolute Gasteiger partial charge is 0.407 e. The van der Waals surface area contributed by atoms with Gasteiger partial charge < -0.3 is 27.7 Å². The zero-order valence-corrected chi connectivity index (χ0v) is 41.6. The number of hydrogen-bond donors (Lipinski definition) is 3. The van der Waals surface area contributed by atoms with E-state index >= 15 is 0 Å². The minimum Gasteiger partial charge on any atom is -0.407 e. The van der Waals surface area contributed by atoms with Crippen molar-refractivity contribution < 1.29 is 37.8 Å². The van der Waals surface area contributed by atoms with Crippen LogP contribution in [0.5, 0.6) is 0 Å². The van der Waals surface area contributed by atoms with Gasteiger partial charge in [-0.2, -0.15) is 0 Å². The van der Waals surface area contributed by atoms with E-state index in [4.69, 9.17) is 18.6 Å². The van der Waals surface area contributed by atoms with Gasteiger partial charge in [0.1, 0.15) is 22.8 Å². The van der Waals surface area contributed by atoms with E-state index in [2.05, 4.69) is 100 Å². The number of hydrogen-bond acceptors (Lipinski definition) is 12. The molecule has 0 radical (unpaired) electrons. The molecule has 8 aromatic rings. The number of carbonyl (C=O) groups excluding carboxylic acids is 4. The van der Waals surface area contributed by atoms with Crippen molar-refractivity contribution in [3.8, 4) is 0 Å². The maximum atomic E-state index is 13.2. The summed E-state index contributed by atoms with van der Waals surface area (Å²) in [5.74, 6) is -0.857. The molecule has 0 aliphatic carbocycles. The van der Waals surface area contributed by atoms with E-state index in [0.717, 1.165) is 22.8 Å². The molecule has 71 heavy (non-hydrogen) atoms. The normalized spacial score (nSPS) is 14.3. The minimum absolute atomic E-state index is 0.0494. The summed E-state index contributed by atoms with van der Waals surface area (Å²) in [7, 11) is -2.66. The quantitative estimate of drug-likeness (QED) is 0.0586. The van der Waals surface area contributed by atoms with E-state index in [0.29, 0.717) is 82.5 Å². The fraction of sp³-hybridized carbons (Fsp3) is 0.259. The predicted molar refractivity (Wildman–Crippen MR) is 271 cm³/mol. The van der Waals surface area contributed by atoms with Crippen molar-refractivity contribution in [1.29, 1.82) is 0 Å². The average molecular weight is 971 g/mol. The van der Waals surface area contributed by atoms with Crippen LogP contribution in [-0.4, -0.2) is 79.7 Å². The molecule has 0 saturated carbocycles. The molecule has 362 valence electrons. The van der Waals surface area contributed by atoms with Crippen LogP contribution in [0.25, 0.3) is 44.4 Å². The number of benzene rings is 2. The summed E-state index contributed by atoms with van der Waals surface area (Å²) in [4.78, 5) is 60.6. The molecule has 17 heteroatoms. The van der Waals surface area contributed by atoms with Gasteiger partial charge in [0.25, 0.3) is 31.9 Å². The fourth-order valence-electron chi connectivity index (χ4n) is 10.0. The SMILES string of the molecule is Cc1noc(C)c1C1=C(c2cn(CCCO)c3ncccc23)C(=O)NC1=O.Cc1noc(C)c1C1=C(c2cn(CCCO[Si](c3ccccc3)(c3ccccc3)C(C)(C)C)c3ncccc23)C(=O)NC1=O. The lowest BCUT2D eigenvalue weighted by atomic mass is 9.95. The molecule has 16 nitrogen and oxygen atoms in total. The number of aryl methyl sites for hydroxylation is 6. The van der Waals surface area contributed by atoms with Crippen LogP contribution in [0.15, 0.2) is 119 Å². The first kappa shape index (κ1) is 48.2. The molecule has 0 saturated heterocycles. The van der Waals surface area contributed by atoms with Crippen molar-refractivity contribution in [2.45, 2.75) is 79.4 Å². The zero-order chi connectivity index (χ0) is 50.2. The van der Waals surface area contributed by atoms with Crippen molar-refractivity contribution in [2.24, 2.45) is 0 Å². The number of carbonyl (C=O) groups is 4. The molecule has 0 atom stereocenters. The number of imide groups is 2. The highest BCUT2D eigenvalue weighted by Gasteiger charge is 2.50. The lowest BCUT2D eigenvalue weighted by molar-refractivity contribution is -0.124. The molecule has 3 N–H and O–H groups in total. The van der Waals surface area contributed by atoms with Gasteiger partial charge in [-0.05, 0) is 80.2 Å². The van der Waals surface area contributed by atoms with Crippen molar-refractivity contribution in [3.63, 3.8) is 0 Å². The van der Waals surface area contributed by atoms with Crippen LogP contribution < -0.4 is 21.0 Å². The molecule has 0 unspecified atom stereocenters. The molecule has 8 heterocycles. The van der Waals surface area contributed by atoms with Gasteiger partial charge in [-0.25, -0.2) is 9.97 Å². The first-order valence-corrected chi connectivity index (χ1v) is 25.4. The zero-order valence-electron chi connectivity index (χ0n) is 40.6. The maximum absolute atomic E-state index is 13.2. The van der Waals surface area contributed by atoms with Gasteiger partial charge in [0, 0.05) is 73.0 Å². The number of fused-ring (bicyclic) bond motifs is 2. The Balaban J connectivity index is 0.000000197. The Morgan fingerprint density at radius 1 is 0.592 bits per heavy atom. The molecule has 6 aromatic heterocycles. The molecular formula is C54H54N8O8Si.